The van der Waals surface area contributed by atoms with Crippen molar-refractivity contribution in [2.24, 2.45) is 5.92 Å². The molecule has 3 unspecified atom stereocenters. The molecule has 2 aromatic rings. The Kier molecular flexibility index (Phi) is 5.41. The first-order valence-electron chi connectivity index (χ1n) is 9.53. The third kappa shape index (κ3) is 4.31. The second kappa shape index (κ2) is 8.11. The van der Waals surface area contributed by atoms with Crippen molar-refractivity contribution in [3.8, 4) is 5.75 Å². The maximum absolute atomic E-state index is 12.7. The molecule has 5 nitrogen and oxygen atoms in total. The number of carbonyl (C=O) groups is 1. The number of rotatable bonds is 6. The monoisotopic (exact) mass is 366 g/mol. The smallest absolute Gasteiger partial charge is 0.226 e. The van der Waals surface area contributed by atoms with Gasteiger partial charge in [0.2, 0.25) is 5.91 Å². The topological polar surface area (TPSA) is 50.8 Å². The predicted molar refractivity (Wildman–Crippen MR) is 103 cm³/mol. The fraction of sp³-hybridized carbons (Fsp3) is 0.409. The van der Waals surface area contributed by atoms with Crippen molar-refractivity contribution in [1.82, 2.24) is 10.2 Å². The van der Waals surface area contributed by atoms with Crippen LogP contribution in [0, 0.1) is 5.92 Å². The molecular weight excluding hydrogens is 340 g/mol. The first-order chi connectivity index (χ1) is 13.2. The molecule has 0 radical (unpaired) electrons. The van der Waals surface area contributed by atoms with Crippen molar-refractivity contribution in [3.63, 3.8) is 0 Å². The lowest BCUT2D eigenvalue weighted by Crippen LogP contribution is -2.44. The summed E-state index contributed by atoms with van der Waals surface area (Å²) in [6.07, 6.45) is 0.923. The number of ether oxygens (including phenoxy) is 2. The number of nitrogens with zero attached hydrogens (tertiary/aromatic N) is 1. The molecule has 0 saturated carbocycles. The normalized spacial score (nSPS) is 24.6. The van der Waals surface area contributed by atoms with Crippen molar-refractivity contribution in [2.75, 3.05) is 20.2 Å². The van der Waals surface area contributed by atoms with E-state index in [1.807, 2.05) is 42.5 Å². The number of amides is 1. The van der Waals surface area contributed by atoms with Gasteiger partial charge in [0.1, 0.15) is 5.75 Å². The van der Waals surface area contributed by atoms with Gasteiger partial charge in [0.25, 0.3) is 0 Å². The quantitative estimate of drug-likeness (QED) is 0.854. The van der Waals surface area contributed by atoms with Crippen LogP contribution in [-0.4, -0.2) is 43.2 Å². The van der Waals surface area contributed by atoms with E-state index in [0.717, 1.165) is 37.4 Å². The Hall–Kier alpha value is -2.37. The van der Waals surface area contributed by atoms with E-state index in [0.29, 0.717) is 6.54 Å². The van der Waals surface area contributed by atoms with Crippen LogP contribution in [0.3, 0.4) is 0 Å². The van der Waals surface area contributed by atoms with Crippen LogP contribution in [0.2, 0.25) is 0 Å². The van der Waals surface area contributed by atoms with Gasteiger partial charge >= 0.3 is 0 Å². The molecular formula is C22H26N2O3. The van der Waals surface area contributed by atoms with Crippen LogP contribution in [0.5, 0.6) is 5.75 Å². The van der Waals surface area contributed by atoms with Crippen LogP contribution in [0.25, 0.3) is 0 Å². The molecule has 0 spiro atoms. The van der Waals surface area contributed by atoms with Gasteiger partial charge in [-0.1, -0.05) is 42.5 Å². The van der Waals surface area contributed by atoms with Gasteiger partial charge in [-0.25, -0.2) is 0 Å². The highest BCUT2D eigenvalue weighted by Gasteiger charge is 2.44. The molecule has 4 rings (SSSR count). The fourth-order valence-corrected chi connectivity index (χ4v) is 4.09. The summed E-state index contributed by atoms with van der Waals surface area (Å²) in [5.41, 5.74) is 2.34. The van der Waals surface area contributed by atoms with E-state index in [4.69, 9.17) is 9.47 Å². The lowest BCUT2D eigenvalue weighted by atomic mass is 9.99. The van der Waals surface area contributed by atoms with Crippen LogP contribution in [0.4, 0.5) is 0 Å². The van der Waals surface area contributed by atoms with E-state index in [9.17, 15) is 4.79 Å². The molecule has 2 aliphatic heterocycles. The Morgan fingerprint density at radius 2 is 1.96 bits per heavy atom. The van der Waals surface area contributed by atoms with Crippen molar-refractivity contribution < 1.29 is 14.3 Å². The van der Waals surface area contributed by atoms with Gasteiger partial charge < -0.3 is 14.8 Å². The zero-order chi connectivity index (χ0) is 18.6. The van der Waals surface area contributed by atoms with Gasteiger partial charge in [-0.3, -0.25) is 9.69 Å². The molecule has 1 amide bonds. The average Bonchev–Trinajstić information content (AvgIpc) is 3.01. The largest absolute Gasteiger partial charge is 0.497 e. The number of methoxy groups -OCH3 is 1. The summed E-state index contributed by atoms with van der Waals surface area (Å²) in [4.78, 5) is 15.1. The third-order valence-electron chi connectivity index (χ3n) is 5.42. The second-order valence-corrected chi connectivity index (χ2v) is 7.39. The minimum Gasteiger partial charge on any atom is -0.497 e. The van der Waals surface area contributed by atoms with Gasteiger partial charge in [0, 0.05) is 26.2 Å². The maximum Gasteiger partial charge on any atom is 0.226 e. The minimum atomic E-state index is -0.0611. The first-order valence-corrected chi connectivity index (χ1v) is 9.53. The molecule has 142 valence electrons. The average molecular weight is 366 g/mol. The van der Waals surface area contributed by atoms with E-state index in [2.05, 4.69) is 22.3 Å². The molecule has 1 N–H and O–H groups in total. The summed E-state index contributed by atoms with van der Waals surface area (Å²) in [7, 11) is 1.69. The molecule has 0 aromatic heterocycles. The van der Waals surface area contributed by atoms with Crippen LogP contribution < -0.4 is 10.1 Å². The molecule has 2 bridgehead atoms. The van der Waals surface area contributed by atoms with E-state index >= 15 is 0 Å². The van der Waals surface area contributed by atoms with E-state index in [-0.39, 0.29) is 24.0 Å². The van der Waals surface area contributed by atoms with E-state index < -0.39 is 0 Å². The number of benzene rings is 2. The van der Waals surface area contributed by atoms with E-state index in [1.165, 1.54) is 5.56 Å². The Labute approximate surface area is 160 Å². The standard InChI is InChI=1S/C22H26N2O3/c1-26-18-9-5-8-17(10-18)13-24-14-19-11-20(21(15-24)27-19)22(25)23-12-16-6-3-2-4-7-16/h2-10,19-21H,11-15H2,1H3,(H,23,25). The SMILES string of the molecule is COc1cccc(CN2CC3CC(C(=O)NCc4ccccc4)C(C2)O3)c1. The number of nitrogens with one attached hydrogen (secondary N) is 1. The fourth-order valence-electron chi connectivity index (χ4n) is 4.09. The van der Waals surface area contributed by atoms with Gasteiger partial charge in [-0.05, 0) is 29.7 Å². The Balaban J connectivity index is 1.33. The summed E-state index contributed by atoms with van der Waals surface area (Å²) >= 11 is 0. The summed E-state index contributed by atoms with van der Waals surface area (Å²) in [6.45, 7) is 3.08. The molecule has 2 aliphatic rings. The molecule has 3 atom stereocenters. The number of carbonyl (C=O) groups excluding carboxylic acids is 1. The molecule has 0 aliphatic carbocycles. The highest BCUT2D eigenvalue weighted by Crippen LogP contribution is 2.33. The lowest BCUT2D eigenvalue weighted by molar-refractivity contribution is -0.128. The molecule has 2 aromatic carbocycles. The zero-order valence-electron chi connectivity index (χ0n) is 15.6. The molecule has 2 saturated heterocycles. The summed E-state index contributed by atoms with van der Waals surface area (Å²) in [5, 5.41) is 3.08. The summed E-state index contributed by atoms with van der Waals surface area (Å²) in [6, 6.07) is 18.2. The van der Waals surface area contributed by atoms with E-state index in [1.54, 1.807) is 7.11 Å². The molecule has 5 heteroatoms. The maximum atomic E-state index is 12.7. The van der Waals surface area contributed by atoms with Gasteiger partial charge in [-0.15, -0.1) is 0 Å². The van der Waals surface area contributed by atoms with Crippen LogP contribution in [-0.2, 0) is 22.6 Å². The summed E-state index contributed by atoms with van der Waals surface area (Å²) < 4.78 is 11.4. The van der Waals surface area contributed by atoms with Crippen LogP contribution >= 0.6 is 0 Å². The number of hydrogen-bond donors (Lipinski definition) is 1. The highest BCUT2D eigenvalue weighted by atomic mass is 16.5. The number of hydrogen-bond acceptors (Lipinski definition) is 4. The van der Waals surface area contributed by atoms with Crippen LogP contribution in [0.15, 0.2) is 54.6 Å². The number of fused-ring (bicyclic) bond motifs is 2. The van der Waals surface area contributed by atoms with Crippen molar-refractivity contribution in [3.05, 3.63) is 65.7 Å². The molecule has 27 heavy (non-hydrogen) atoms. The first kappa shape index (κ1) is 18.0. The second-order valence-electron chi connectivity index (χ2n) is 7.39. The Morgan fingerprint density at radius 1 is 1.15 bits per heavy atom. The lowest BCUT2D eigenvalue weighted by Gasteiger charge is -2.32. The van der Waals surface area contributed by atoms with Crippen molar-refractivity contribution >= 4 is 5.91 Å². The predicted octanol–water partition coefficient (Wildman–Crippen LogP) is 2.60. The Morgan fingerprint density at radius 3 is 2.78 bits per heavy atom. The Bertz CT molecular complexity index is 780. The zero-order valence-corrected chi connectivity index (χ0v) is 15.6. The molecule has 2 heterocycles. The number of morpholine rings is 1. The van der Waals surface area contributed by atoms with Crippen LogP contribution in [0.1, 0.15) is 17.5 Å². The van der Waals surface area contributed by atoms with Crippen molar-refractivity contribution in [2.45, 2.75) is 31.7 Å². The van der Waals surface area contributed by atoms with Crippen molar-refractivity contribution in [1.29, 1.82) is 0 Å². The third-order valence-corrected chi connectivity index (χ3v) is 5.42. The van der Waals surface area contributed by atoms with Gasteiger partial charge in [0.15, 0.2) is 0 Å². The number of likely N-dealkylation sites (tertiary alicyclic amines) is 1. The molecule has 2 fully saturated rings. The minimum absolute atomic E-state index is 0.0230. The summed E-state index contributed by atoms with van der Waals surface area (Å²) in [5.74, 6) is 0.922. The highest BCUT2D eigenvalue weighted by molar-refractivity contribution is 5.79. The van der Waals surface area contributed by atoms with Gasteiger partial charge in [0.05, 0.1) is 25.2 Å². The van der Waals surface area contributed by atoms with Gasteiger partial charge in [-0.2, -0.15) is 0 Å².